The van der Waals surface area contributed by atoms with Gasteiger partial charge in [-0.1, -0.05) is 0 Å². The first-order chi connectivity index (χ1) is 10.1. The van der Waals surface area contributed by atoms with E-state index in [-0.39, 0.29) is 17.2 Å². The van der Waals surface area contributed by atoms with Gasteiger partial charge < -0.3 is 14.9 Å². The van der Waals surface area contributed by atoms with Gasteiger partial charge in [-0.05, 0) is 32.4 Å². The molecule has 1 aliphatic heterocycles. The number of hydrogen-bond acceptors (Lipinski definition) is 6. The molecular formula is C14H22N4O3. The van der Waals surface area contributed by atoms with Crippen LogP contribution >= 0.6 is 0 Å². The molecule has 0 radical (unpaired) electrons. The average molecular weight is 294 g/mol. The quantitative estimate of drug-likeness (QED) is 0.628. The molecule has 0 atom stereocenters. The normalized spacial score (nSPS) is 16.4. The van der Waals surface area contributed by atoms with E-state index in [1.807, 2.05) is 4.90 Å². The van der Waals surface area contributed by atoms with E-state index >= 15 is 0 Å². The van der Waals surface area contributed by atoms with Crippen LogP contribution in [0.3, 0.4) is 0 Å². The van der Waals surface area contributed by atoms with E-state index in [1.54, 1.807) is 12.3 Å². The highest BCUT2D eigenvalue weighted by Crippen LogP contribution is 2.28. The summed E-state index contributed by atoms with van der Waals surface area (Å²) in [5, 5.41) is 19.9. The first kappa shape index (κ1) is 15.7. The number of piperidine rings is 1. The molecule has 0 aromatic carbocycles. The van der Waals surface area contributed by atoms with E-state index in [9.17, 15) is 10.1 Å². The molecule has 0 spiro atoms. The summed E-state index contributed by atoms with van der Waals surface area (Å²) in [4.78, 5) is 19.1. The molecule has 1 aromatic rings. The number of hydrogen-bond donors (Lipinski definition) is 1. The van der Waals surface area contributed by atoms with Gasteiger partial charge in [0.15, 0.2) is 0 Å². The largest absolute Gasteiger partial charge is 0.396 e. The van der Waals surface area contributed by atoms with Gasteiger partial charge in [-0.25, -0.2) is 4.98 Å². The summed E-state index contributed by atoms with van der Waals surface area (Å²) >= 11 is 0. The van der Waals surface area contributed by atoms with Crippen LogP contribution in [0.25, 0.3) is 0 Å². The van der Waals surface area contributed by atoms with Crippen LogP contribution in [0.5, 0.6) is 0 Å². The zero-order valence-electron chi connectivity index (χ0n) is 12.3. The van der Waals surface area contributed by atoms with Crippen molar-refractivity contribution in [1.82, 2.24) is 9.88 Å². The molecule has 1 aromatic heterocycles. The number of nitro groups is 1. The van der Waals surface area contributed by atoms with E-state index < -0.39 is 0 Å². The lowest BCUT2D eigenvalue weighted by Crippen LogP contribution is -2.44. The second-order valence-corrected chi connectivity index (χ2v) is 5.38. The SMILES string of the molecule is CN(CCCO)C1CCN(c2ncccc2[N+](=O)[O-])CC1. The minimum atomic E-state index is -0.373. The molecule has 7 nitrogen and oxygen atoms in total. The van der Waals surface area contributed by atoms with Crippen LogP contribution in [-0.4, -0.2) is 59.2 Å². The number of aliphatic hydroxyl groups is 1. The fraction of sp³-hybridized carbons (Fsp3) is 0.643. The number of nitrogens with zero attached hydrogens (tertiary/aromatic N) is 4. The standard InChI is InChI=1S/C14H22N4O3/c1-16(8-3-11-19)12-5-9-17(10-6-12)14-13(18(20)21)4-2-7-15-14/h2,4,7,12,19H,3,5-6,8-11H2,1H3. The van der Waals surface area contributed by atoms with Gasteiger partial charge in [0.25, 0.3) is 0 Å². The third-order valence-corrected chi connectivity index (χ3v) is 4.02. The Balaban J connectivity index is 1.97. The van der Waals surface area contributed by atoms with Gasteiger partial charge in [0.1, 0.15) is 0 Å². The van der Waals surface area contributed by atoms with Crippen LogP contribution < -0.4 is 4.90 Å². The summed E-state index contributed by atoms with van der Waals surface area (Å²) in [6.07, 6.45) is 4.29. The van der Waals surface area contributed by atoms with Crippen molar-refractivity contribution in [3.63, 3.8) is 0 Å². The van der Waals surface area contributed by atoms with Crippen molar-refractivity contribution in [3.05, 3.63) is 28.4 Å². The maximum absolute atomic E-state index is 11.1. The Labute approximate surface area is 124 Å². The minimum Gasteiger partial charge on any atom is -0.396 e. The van der Waals surface area contributed by atoms with Crippen LogP contribution in [-0.2, 0) is 0 Å². The molecule has 0 saturated carbocycles. The molecule has 1 aliphatic rings. The van der Waals surface area contributed by atoms with Crippen LogP contribution in [0.4, 0.5) is 11.5 Å². The molecule has 7 heteroatoms. The summed E-state index contributed by atoms with van der Waals surface area (Å²) in [5.41, 5.74) is 0.0737. The van der Waals surface area contributed by atoms with Gasteiger partial charge >= 0.3 is 5.69 Å². The third-order valence-electron chi connectivity index (χ3n) is 4.02. The van der Waals surface area contributed by atoms with Crippen molar-refractivity contribution in [1.29, 1.82) is 0 Å². The highest BCUT2D eigenvalue weighted by molar-refractivity contribution is 5.57. The smallest absolute Gasteiger partial charge is 0.311 e. The summed E-state index contributed by atoms with van der Waals surface area (Å²) < 4.78 is 0. The van der Waals surface area contributed by atoms with Crippen molar-refractivity contribution in [2.75, 3.05) is 38.2 Å². The second-order valence-electron chi connectivity index (χ2n) is 5.38. The van der Waals surface area contributed by atoms with E-state index in [0.717, 1.165) is 38.9 Å². The van der Waals surface area contributed by atoms with Crippen molar-refractivity contribution in [2.45, 2.75) is 25.3 Å². The average Bonchev–Trinajstić information content (AvgIpc) is 2.52. The van der Waals surface area contributed by atoms with E-state index in [4.69, 9.17) is 5.11 Å². The van der Waals surface area contributed by atoms with Crippen LogP contribution in [0.15, 0.2) is 18.3 Å². The lowest BCUT2D eigenvalue weighted by atomic mass is 10.0. The fourth-order valence-electron chi connectivity index (χ4n) is 2.80. The van der Waals surface area contributed by atoms with Gasteiger partial charge in [-0.3, -0.25) is 10.1 Å². The summed E-state index contributed by atoms with van der Waals surface area (Å²) in [6, 6.07) is 3.56. The molecule has 21 heavy (non-hydrogen) atoms. The number of anilines is 1. The first-order valence-corrected chi connectivity index (χ1v) is 7.29. The van der Waals surface area contributed by atoms with E-state index in [2.05, 4.69) is 16.9 Å². The Hall–Kier alpha value is -1.73. The maximum Gasteiger partial charge on any atom is 0.311 e. The van der Waals surface area contributed by atoms with Crippen molar-refractivity contribution in [3.8, 4) is 0 Å². The topological polar surface area (TPSA) is 82.7 Å². The Morgan fingerprint density at radius 1 is 1.52 bits per heavy atom. The zero-order chi connectivity index (χ0) is 15.2. The summed E-state index contributed by atoms with van der Waals surface area (Å²) in [6.45, 7) is 2.63. The molecule has 1 N–H and O–H groups in total. The number of rotatable bonds is 6. The molecular weight excluding hydrogens is 272 g/mol. The van der Waals surface area contributed by atoms with Gasteiger partial charge in [-0.15, -0.1) is 0 Å². The molecule has 0 bridgehead atoms. The Kier molecular flexibility index (Phi) is 5.46. The van der Waals surface area contributed by atoms with Gasteiger partial charge in [0.05, 0.1) is 4.92 Å². The lowest BCUT2D eigenvalue weighted by molar-refractivity contribution is -0.384. The lowest BCUT2D eigenvalue weighted by Gasteiger charge is -2.37. The molecule has 2 rings (SSSR count). The number of aliphatic hydroxyl groups excluding tert-OH is 1. The van der Waals surface area contributed by atoms with Crippen LogP contribution in [0.2, 0.25) is 0 Å². The second kappa shape index (κ2) is 7.33. The minimum absolute atomic E-state index is 0.0737. The number of aromatic nitrogens is 1. The molecule has 0 amide bonds. The van der Waals surface area contributed by atoms with Gasteiger partial charge in [0, 0.05) is 44.5 Å². The van der Waals surface area contributed by atoms with Crippen molar-refractivity contribution < 1.29 is 10.0 Å². The third kappa shape index (κ3) is 3.89. The maximum atomic E-state index is 11.1. The molecule has 1 fully saturated rings. The molecule has 0 aliphatic carbocycles. The van der Waals surface area contributed by atoms with Crippen LogP contribution in [0, 0.1) is 10.1 Å². The predicted octanol–water partition coefficient (Wildman–Crippen LogP) is 1.27. The summed E-state index contributed by atoms with van der Waals surface area (Å²) in [5.74, 6) is 0.471. The Bertz CT molecular complexity index is 475. The summed E-state index contributed by atoms with van der Waals surface area (Å²) in [7, 11) is 2.07. The molecule has 0 unspecified atom stereocenters. The fourth-order valence-corrected chi connectivity index (χ4v) is 2.80. The Morgan fingerprint density at radius 2 is 2.24 bits per heavy atom. The predicted molar refractivity (Wildman–Crippen MR) is 80.5 cm³/mol. The highest BCUT2D eigenvalue weighted by atomic mass is 16.6. The molecule has 116 valence electrons. The van der Waals surface area contributed by atoms with Crippen LogP contribution in [0.1, 0.15) is 19.3 Å². The monoisotopic (exact) mass is 294 g/mol. The first-order valence-electron chi connectivity index (χ1n) is 7.29. The highest BCUT2D eigenvalue weighted by Gasteiger charge is 2.27. The zero-order valence-corrected chi connectivity index (χ0v) is 12.3. The van der Waals surface area contributed by atoms with Crippen molar-refractivity contribution >= 4 is 11.5 Å². The van der Waals surface area contributed by atoms with E-state index in [1.165, 1.54) is 6.07 Å². The molecule has 1 saturated heterocycles. The Morgan fingerprint density at radius 3 is 2.86 bits per heavy atom. The number of pyridine rings is 1. The van der Waals surface area contributed by atoms with Gasteiger partial charge in [-0.2, -0.15) is 0 Å². The van der Waals surface area contributed by atoms with E-state index in [0.29, 0.717) is 11.9 Å². The van der Waals surface area contributed by atoms with Gasteiger partial charge in [0.2, 0.25) is 5.82 Å². The van der Waals surface area contributed by atoms with Crippen molar-refractivity contribution in [2.24, 2.45) is 0 Å². The molecule has 2 heterocycles.